The van der Waals surface area contributed by atoms with E-state index in [-0.39, 0.29) is 4.88 Å². The van der Waals surface area contributed by atoms with Gasteiger partial charge in [-0.3, -0.25) is 0 Å². The van der Waals surface area contributed by atoms with E-state index in [4.69, 9.17) is 21.4 Å². The molecule has 2 rings (SSSR count). The largest absolute Gasteiger partial charge is 0.486 e. The lowest BCUT2D eigenvalue weighted by Crippen LogP contribution is -1.98. The molecule has 0 saturated carbocycles. The number of aryl methyl sites for hydroxylation is 1. The van der Waals surface area contributed by atoms with Crippen molar-refractivity contribution in [3.63, 3.8) is 0 Å². The van der Waals surface area contributed by atoms with Crippen molar-refractivity contribution in [3.05, 3.63) is 37.2 Å². The van der Waals surface area contributed by atoms with Crippen LogP contribution in [0.5, 0.6) is 5.75 Å². The first kappa shape index (κ1) is 12.4. The molecule has 90 valence electrons. The van der Waals surface area contributed by atoms with Gasteiger partial charge in [0, 0.05) is 9.75 Å². The Bertz CT molecular complexity index is 545. The highest BCUT2D eigenvalue weighted by Gasteiger charge is 2.15. The predicted molar refractivity (Wildman–Crippen MR) is 69.7 cm³/mol. The summed E-state index contributed by atoms with van der Waals surface area (Å²) in [6, 6.07) is 5.40. The normalized spacial score (nSPS) is 10.5. The quantitative estimate of drug-likeness (QED) is 0.923. The number of halogens is 1. The molecule has 6 heteroatoms. The summed E-state index contributed by atoms with van der Waals surface area (Å²) in [5.41, 5.74) is 0. The third kappa shape index (κ3) is 3.00. The van der Waals surface area contributed by atoms with E-state index in [1.807, 2.05) is 13.0 Å². The van der Waals surface area contributed by atoms with Crippen LogP contribution in [0.2, 0.25) is 4.34 Å². The number of rotatable bonds is 4. The van der Waals surface area contributed by atoms with Crippen molar-refractivity contribution in [1.82, 2.24) is 0 Å². The molecule has 2 aromatic heterocycles. The summed E-state index contributed by atoms with van der Waals surface area (Å²) in [6.07, 6.45) is 0. The Morgan fingerprint density at radius 2 is 2.24 bits per heavy atom. The molecule has 0 bridgehead atoms. The highest BCUT2D eigenvalue weighted by molar-refractivity contribution is 7.16. The SMILES string of the molecule is Cc1cc(OCc2ccc(Cl)s2)c(C(=O)O)s1. The molecule has 0 aliphatic heterocycles. The van der Waals surface area contributed by atoms with E-state index in [0.29, 0.717) is 16.7 Å². The lowest BCUT2D eigenvalue weighted by Gasteiger charge is -2.02. The van der Waals surface area contributed by atoms with Gasteiger partial charge in [-0.25, -0.2) is 4.79 Å². The van der Waals surface area contributed by atoms with E-state index in [0.717, 1.165) is 9.75 Å². The van der Waals surface area contributed by atoms with Crippen LogP contribution in [-0.2, 0) is 6.61 Å². The average Bonchev–Trinajstić information content (AvgIpc) is 2.82. The van der Waals surface area contributed by atoms with Crippen molar-refractivity contribution in [3.8, 4) is 5.75 Å². The Hall–Kier alpha value is -1.04. The summed E-state index contributed by atoms with van der Waals surface area (Å²) in [6.45, 7) is 2.19. The standard InChI is InChI=1S/C11H9ClO3S2/c1-6-4-8(10(16-6)11(13)14)15-5-7-2-3-9(12)17-7/h2-4H,5H2,1H3,(H,13,14). The number of thiophene rings is 2. The van der Waals surface area contributed by atoms with E-state index in [9.17, 15) is 4.79 Å². The Kier molecular flexibility index (Phi) is 3.71. The van der Waals surface area contributed by atoms with Crippen molar-refractivity contribution in [2.24, 2.45) is 0 Å². The monoisotopic (exact) mass is 288 g/mol. The van der Waals surface area contributed by atoms with Crippen LogP contribution in [0.1, 0.15) is 19.4 Å². The van der Waals surface area contributed by atoms with Crippen molar-refractivity contribution in [2.45, 2.75) is 13.5 Å². The number of carboxylic acids is 1. The number of aromatic carboxylic acids is 1. The lowest BCUT2D eigenvalue weighted by atomic mass is 10.4. The van der Waals surface area contributed by atoms with E-state index in [1.54, 1.807) is 12.1 Å². The predicted octanol–water partition coefficient (Wildman–Crippen LogP) is 4.05. The maximum atomic E-state index is 11.0. The fourth-order valence-electron chi connectivity index (χ4n) is 1.33. The van der Waals surface area contributed by atoms with Crippen molar-refractivity contribution in [2.75, 3.05) is 0 Å². The molecule has 0 atom stereocenters. The first-order valence-electron chi connectivity index (χ1n) is 4.77. The van der Waals surface area contributed by atoms with Gasteiger partial charge in [-0.2, -0.15) is 0 Å². The molecule has 0 aliphatic rings. The first-order chi connectivity index (χ1) is 8.06. The molecule has 0 unspecified atom stereocenters. The molecule has 2 aromatic rings. The third-order valence-electron chi connectivity index (χ3n) is 2.01. The molecule has 0 fully saturated rings. The van der Waals surface area contributed by atoms with Crippen LogP contribution in [0.15, 0.2) is 18.2 Å². The third-order valence-corrected chi connectivity index (χ3v) is 4.24. The topological polar surface area (TPSA) is 46.5 Å². The number of carbonyl (C=O) groups is 1. The minimum Gasteiger partial charge on any atom is -0.486 e. The molecule has 3 nitrogen and oxygen atoms in total. The smallest absolute Gasteiger partial charge is 0.349 e. The highest BCUT2D eigenvalue weighted by atomic mass is 35.5. The second-order valence-corrected chi connectivity index (χ2v) is 6.41. The van der Waals surface area contributed by atoms with Gasteiger partial charge in [0.15, 0.2) is 4.88 Å². The van der Waals surface area contributed by atoms with Gasteiger partial charge in [0.2, 0.25) is 0 Å². The van der Waals surface area contributed by atoms with Crippen molar-refractivity contribution in [1.29, 1.82) is 0 Å². The summed E-state index contributed by atoms with van der Waals surface area (Å²) >= 11 is 8.44. The minimum absolute atomic E-state index is 0.241. The zero-order chi connectivity index (χ0) is 12.4. The number of hydrogen-bond donors (Lipinski definition) is 1. The molecule has 0 amide bonds. The number of hydrogen-bond acceptors (Lipinski definition) is 4. The molecule has 1 N–H and O–H groups in total. The van der Waals surface area contributed by atoms with Gasteiger partial charge in [0.25, 0.3) is 0 Å². The highest BCUT2D eigenvalue weighted by Crippen LogP contribution is 2.30. The summed E-state index contributed by atoms with van der Waals surface area (Å²) < 4.78 is 6.20. The molecule has 2 heterocycles. The average molecular weight is 289 g/mol. The Balaban J connectivity index is 2.11. The molecule has 0 radical (unpaired) electrons. The summed E-state index contributed by atoms with van der Waals surface area (Å²) in [5, 5.41) is 8.99. The fraction of sp³-hybridized carbons (Fsp3) is 0.182. The molecular formula is C11H9ClO3S2. The van der Waals surface area contributed by atoms with Gasteiger partial charge in [0.05, 0.1) is 4.34 Å². The Morgan fingerprint density at radius 1 is 1.47 bits per heavy atom. The van der Waals surface area contributed by atoms with Gasteiger partial charge in [0.1, 0.15) is 12.4 Å². The van der Waals surface area contributed by atoms with E-state index in [2.05, 4.69) is 0 Å². The summed E-state index contributed by atoms with van der Waals surface area (Å²) in [5.74, 6) is -0.535. The summed E-state index contributed by atoms with van der Waals surface area (Å²) in [4.78, 5) is 13.1. The Labute approximate surface area is 111 Å². The van der Waals surface area contributed by atoms with Gasteiger partial charge in [-0.15, -0.1) is 22.7 Å². The van der Waals surface area contributed by atoms with Gasteiger partial charge in [-0.1, -0.05) is 11.6 Å². The van der Waals surface area contributed by atoms with Crippen molar-refractivity contribution < 1.29 is 14.6 Å². The number of carboxylic acid groups (broad SMARTS) is 1. The first-order valence-corrected chi connectivity index (χ1v) is 6.78. The molecule has 0 saturated heterocycles. The molecule has 17 heavy (non-hydrogen) atoms. The Morgan fingerprint density at radius 3 is 2.82 bits per heavy atom. The van der Waals surface area contributed by atoms with Gasteiger partial charge >= 0.3 is 5.97 Å². The van der Waals surface area contributed by atoms with Crippen molar-refractivity contribution >= 4 is 40.2 Å². The van der Waals surface area contributed by atoms with E-state index >= 15 is 0 Å². The minimum atomic E-state index is -0.956. The van der Waals surface area contributed by atoms with Crippen LogP contribution < -0.4 is 4.74 Å². The molecule has 0 aromatic carbocycles. The zero-order valence-corrected chi connectivity index (χ0v) is 11.3. The van der Waals surface area contributed by atoms with Crippen LogP contribution in [-0.4, -0.2) is 11.1 Å². The maximum Gasteiger partial charge on any atom is 0.349 e. The second-order valence-electron chi connectivity index (χ2n) is 3.35. The zero-order valence-electron chi connectivity index (χ0n) is 8.90. The molecule has 0 aliphatic carbocycles. The van der Waals surface area contributed by atoms with Crippen LogP contribution >= 0.6 is 34.3 Å². The van der Waals surface area contributed by atoms with Crippen LogP contribution in [0.25, 0.3) is 0 Å². The van der Waals surface area contributed by atoms with Crippen LogP contribution in [0, 0.1) is 6.92 Å². The lowest BCUT2D eigenvalue weighted by molar-refractivity contribution is 0.0697. The number of ether oxygens (including phenoxy) is 1. The molecule has 0 spiro atoms. The fourth-order valence-corrected chi connectivity index (χ4v) is 3.12. The van der Waals surface area contributed by atoms with E-state index in [1.165, 1.54) is 22.7 Å². The van der Waals surface area contributed by atoms with Gasteiger partial charge < -0.3 is 9.84 Å². The summed E-state index contributed by atoms with van der Waals surface area (Å²) in [7, 11) is 0. The van der Waals surface area contributed by atoms with Gasteiger partial charge in [-0.05, 0) is 25.1 Å². The van der Waals surface area contributed by atoms with E-state index < -0.39 is 5.97 Å². The molecular weight excluding hydrogens is 280 g/mol. The second kappa shape index (κ2) is 5.08. The maximum absolute atomic E-state index is 11.0. The van der Waals surface area contributed by atoms with Crippen LogP contribution in [0.3, 0.4) is 0 Å². The van der Waals surface area contributed by atoms with Crippen LogP contribution in [0.4, 0.5) is 0 Å².